The van der Waals surface area contributed by atoms with E-state index in [-0.39, 0.29) is 0 Å². The van der Waals surface area contributed by atoms with Crippen LogP contribution < -0.4 is 0 Å². The molecule has 0 aliphatic carbocycles. The van der Waals surface area contributed by atoms with Crippen molar-refractivity contribution in [3.63, 3.8) is 0 Å². The van der Waals surface area contributed by atoms with Gasteiger partial charge in [-0.1, -0.05) is 6.42 Å². The quantitative estimate of drug-likeness (QED) is 0.0342. The third kappa shape index (κ3) is 14.5. The molecule has 0 saturated heterocycles. The van der Waals surface area contributed by atoms with Gasteiger partial charge in [0.1, 0.15) is 0 Å². The second kappa shape index (κ2) is 25.3. The predicted molar refractivity (Wildman–Crippen MR) is 199 cm³/mol. The number of hydrogen-bond donors (Lipinski definition) is 0. The molecule has 548 valence electrons. The molecule has 0 heterocycles. The minimum Gasteiger partial charge on any atom is -0.200 e. The first-order chi connectivity index (χ1) is 38.9. The molecule has 0 saturated carbocycles. The summed E-state index contributed by atoms with van der Waals surface area (Å²) in [4.78, 5) is 0. The van der Waals surface area contributed by atoms with Crippen molar-refractivity contribution in [2.75, 3.05) is 37.0 Å². The SMILES string of the molecule is FC(F)(F)C(F)(F)C(F)(F)C(F)(F)C(F)(F)C(F)(F)CCP(CCCCCP(CCC(F)(F)C(F)(F)C(F)(F)C(F)(F)C(F)(F)C(F)(F)F)CCC(F)(F)C(F)(F)C(F)(F)C(F)(F)C(F)(F)C(F)(F)F)CCC(F)(F)C(F)(F)C(F)(F)C(F)(F)C(F)(F)C(F)(F)F. The summed E-state index contributed by atoms with van der Waals surface area (Å²) in [5.41, 5.74) is 0. The average Bonchev–Trinajstić information content (AvgIpc) is 0.737. The molecule has 0 bridgehead atoms. The summed E-state index contributed by atoms with van der Waals surface area (Å²) in [6.45, 7) is 0. The smallest absolute Gasteiger partial charge is 0.200 e. The van der Waals surface area contributed by atoms with Crippen molar-refractivity contribution in [2.24, 2.45) is 0 Å². The van der Waals surface area contributed by atoms with Crippen LogP contribution in [0.1, 0.15) is 44.9 Å². The fraction of sp³-hybridized carbons (Fsp3) is 1.00. The van der Waals surface area contributed by atoms with Gasteiger partial charge in [0.05, 0.1) is 0 Å². The van der Waals surface area contributed by atoms with Gasteiger partial charge in [-0.05, 0) is 49.8 Å². The first kappa shape index (κ1) is 88.2. The molecule has 0 amide bonds. The van der Waals surface area contributed by atoms with Crippen molar-refractivity contribution in [1.29, 1.82) is 0 Å². The topological polar surface area (TPSA) is 0 Å². The highest BCUT2D eigenvalue weighted by atomic mass is 31.1. The van der Waals surface area contributed by atoms with Crippen molar-refractivity contribution < 1.29 is 228 Å². The zero-order valence-electron chi connectivity index (χ0n) is 41.7. The van der Waals surface area contributed by atoms with E-state index in [2.05, 4.69) is 0 Å². The molecule has 0 aromatic rings. The molecule has 0 aromatic heterocycles. The van der Waals surface area contributed by atoms with E-state index >= 15 is 0 Å². The molecule has 0 unspecified atom stereocenters. The highest BCUT2D eigenvalue weighted by molar-refractivity contribution is 7.57. The largest absolute Gasteiger partial charge is 0.460 e. The van der Waals surface area contributed by atoms with Gasteiger partial charge >= 0.3 is 143 Å². The number of rotatable bonds is 34. The molecule has 54 heteroatoms. The molecule has 0 spiro atoms. The Morgan fingerprint density at radius 2 is 0.253 bits per heavy atom. The molecule has 91 heavy (non-hydrogen) atoms. The number of hydrogen-bond acceptors (Lipinski definition) is 0. The van der Waals surface area contributed by atoms with Gasteiger partial charge in [-0.2, -0.15) is 228 Å². The van der Waals surface area contributed by atoms with Crippen LogP contribution in [0, 0.1) is 0 Å². The molecule has 0 aromatic carbocycles. The number of alkyl halides is 52. The summed E-state index contributed by atoms with van der Waals surface area (Å²) in [5, 5.41) is 0. The predicted octanol–water partition coefficient (Wildman–Crippen LogP) is 21.6. The average molecular weight is 1520 g/mol. The second-order valence-corrected chi connectivity index (χ2v) is 24.1. The summed E-state index contributed by atoms with van der Waals surface area (Å²) in [6, 6.07) is 0. The summed E-state index contributed by atoms with van der Waals surface area (Å²) in [6.07, 6.45) is -67.3. The van der Waals surface area contributed by atoms with E-state index in [0.29, 0.717) is 0 Å². The van der Waals surface area contributed by atoms with Gasteiger partial charge in [0.15, 0.2) is 0 Å². The molecule has 0 rings (SSSR count). The van der Waals surface area contributed by atoms with Crippen LogP contribution in [0.25, 0.3) is 0 Å². The molecule has 0 nitrogen and oxygen atoms in total. The van der Waals surface area contributed by atoms with E-state index in [1.165, 1.54) is 0 Å². The Morgan fingerprint density at radius 1 is 0.132 bits per heavy atom. The fourth-order valence-corrected chi connectivity index (χ4v) is 11.6. The Labute approximate surface area is 469 Å². The molecule has 0 aliphatic rings. The lowest BCUT2D eigenvalue weighted by molar-refractivity contribution is -0.440. The fourth-order valence-electron chi connectivity index (χ4n) is 6.55. The van der Waals surface area contributed by atoms with Gasteiger partial charge in [-0.3, -0.25) is 0 Å². The van der Waals surface area contributed by atoms with E-state index in [1.54, 1.807) is 0 Å². The number of unbranched alkanes of at least 4 members (excludes halogenated alkanes) is 2. The van der Waals surface area contributed by atoms with Crippen LogP contribution in [-0.2, 0) is 0 Å². The Hall–Kier alpha value is -2.78. The maximum atomic E-state index is 14.7. The van der Waals surface area contributed by atoms with Gasteiger partial charge < -0.3 is 0 Å². The summed E-state index contributed by atoms with van der Waals surface area (Å²) in [7, 11) is -8.38. The highest BCUT2D eigenvalue weighted by Crippen LogP contribution is 2.67. The Bertz CT molecular complexity index is 2060. The molecular weight excluding hydrogens is 1490 g/mol. The van der Waals surface area contributed by atoms with Crippen LogP contribution in [0.5, 0.6) is 0 Å². The molecule has 0 N–H and O–H groups in total. The van der Waals surface area contributed by atoms with Crippen LogP contribution in [0.3, 0.4) is 0 Å². The van der Waals surface area contributed by atoms with Gasteiger partial charge in [-0.15, -0.1) is 15.8 Å². The first-order valence-electron chi connectivity index (χ1n) is 22.1. The summed E-state index contributed by atoms with van der Waals surface area (Å²) >= 11 is 0. The van der Waals surface area contributed by atoms with Crippen LogP contribution in [0.2, 0.25) is 0 Å². The van der Waals surface area contributed by atoms with Crippen LogP contribution >= 0.6 is 15.8 Å². The van der Waals surface area contributed by atoms with Gasteiger partial charge in [0.25, 0.3) is 0 Å². The van der Waals surface area contributed by atoms with Gasteiger partial charge in [0, 0.05) is 25.7 Å². The lowest BCUT2D eigenvalue weighted by atomic mass is 9.93. The van der Waals surface area contributed by atoms with Gasteiger partial charge in [0.2, 0.25) is 0 Å². The van der Waals surface area contributed by atoms with E-state index < -0.39 is 241 Å². The zero-order chi connectivity index (χ0) is 74.3. The minimum atomic E-state index is -8.77. The first-order valence-corrected chi connectivity index (χ1v) is 25.9. The molecule has 0 aliphatic heterocycles. The summed E-state index contributed by atoms with van der Waals surface area (Å²) in [5.74, 6) is -168. The van der Waals surface area contributed by atoms with E-state index in [1.807, 2.05) is 0 Å². The molecular formula is C37H26F52P2. The standard InChI is InChI=1S/C37H26F52P2/c38-14(39,18(46,47)22(54,55)26(62,63)30(70,71)34(78,79)80)4-10-90(11-5-15(40,41)19(48,49)23(56,57)27(64,65)31(72,73)35(81,82)83)8-2-1-3-9-91(12-6-16(42,43)20(50,51)24(58,59)28(66,67)32(74,75)36(84,85)86)13-7-17(44,45)21(52,53)25(60,61)29(68,69)33(76,77)37(87,88)89/h1-13H2. The van der Waals surface area contributed by atoms with Crippen molar-refractivity contribution in [3.8, 4) is 0 Å². The highest BCUT2D eigenvalue weighted by Gasteiger charge is 2.95. The van der Waals surface area contributed by atoms with E-state index in [9.17, 15) is 228 Å². The van der Waals surface area contributed by atoms with Crippen LogP contribution in [0.4, 0.5) is 228 Å². The van der Waals surface area contributed by atoms with Crippen molar-refractivity contribution in [2.45, 2.75) is 188 Å². The third-order valence-corrected chi connectivity index (χ3v) is 17.7. The van der Waals surface area contributed by atoms with Crippen molar-refractivity contribution >= 4 is 15.8 Å². The maximum absolute atomic E-state index is 14.7. The normalized spacial score (nSPS) is 16.7. The Balaban J connectivity index is 7.82. The van der Waals surface area contributed by atoms with Crippen molar-refractivity contribution in [1.82, 2.24) is 0 Å². The monoisotopic (exact) mass is 1520 g/mol. The Morgan fingerprint density at radius 3 is 0.374 bits per heavy atom. The lowest BCUT2D eigenvalue weighted by Crippen LogP contribution is -2.70. The van der Waals surface area contributed by atoms with E-state index in [0.717, 1.165) is 0 Å². The second-order valence-electron chi connectivity index (χ2n) is 18.7. The summed E-state index contributed by atoms with van der Waals surface area (Å²) < 4.78 is 711. The molecule has 0 atom stereocenters. The minimum absolute atomic E-state index is 1.60. The van der Waals surface area contributed by atoms with Crippen LogP contribution in [0.15, 0.2) is 0 Å². The molecule has 0 fully saturated rings. The van der Waals surface area contributed by atoms with Crippen LogP contribution in [-0.4, -0.2) is 180 Å². The number of halogens is 52. The van der Waals surface area contributed by atoms with E-state index in [4.69, 9.17) is 0 Å². The zero-order valence-corrected chi connectivity index (χ0v) is 43.5. The maximum Gasteiger partial charge on any atom is 0.460 e. The molecule has 0 radical (unpaired) electrons. The van der Waals surface area contributed by atoms with Crippen molar-refractivity contribution in [3.05, 3.63) is 0 Å². The lowest BCUT2D eigenvalue weighted by Gasteiger charge is -2.40. The van der Waals surface area contributed by atoms with Gasteiger partial charge in [-0.25, -0.2) is 0 Å². The third-order valence-electron chi connectivity index (χ3n) is 12.4. The Kier molecular flexibility index (Phi) is 24.5.